The zero-order valence-corrected chi connectivity index (χ0v) is 18.4. The molecule has 30 heavy (non-hydrogen) atoms. The number of phenolic OH excluding ortho intramolecular Hbond substituents is 1. The maximum atomic E-state index is 10.1. The van der Waals surface area contributed by atoms with E-state index in [1.165, 1.54) is 10.5 Å². The van der Waals surface area contributed by atoms with Gasteiger partial charge in [0.05, 0.1) is 27.9 Å². The van der Waals surface area contributed by atoms with Gasteiger partial charge >= 0.3 is 0 Å². The number of aromatic hydroxyl groups is 1. The van der Waals surface area contributed by atoms with Crippen molar-refractivity contribution in [1.82, 2.24) is 0 Å². The van der Waals surface area contributed by atoms with Crippen molar-refractivity contribution in [2.45, 2.75) is 20.0 Å². The van der Waals surface area contributed by atoms with E-state index in [-0.39, 0.29) is 5.75 Å². The van der Waals surface area contributed by atoms with Gasteiger partial charge in [-0.25, -0.2) is 0 Å². The maximum absolute atomic E-state index is 10.1. The number of hydrogen-bond donors (Lipinski definition) is 3. The second-order valence-corrected chi connectivity index (χ2v) is 7.62. The zero-order valence-electron chi connectivity index (χ0n) is 18.4. The second-order valence-electron chi connectivity index (χ2n) is 7.62. The topological polar surface area (TPSA) is 66.0 Å². The van der Waals surface area contributed by atoms with Gasteiger partial charge in [-0.15, -0.1) is 0 Å². The molecule has 7 nitrogen and oxygen atoms in total. The van der Waals surface area contributed by atoms with Crippen molar-refractivity contribution in [3.05, 3.63) is 41.5 Å². The molecule has 0 amide bonds. The third-order valence-corrected chi connectivity index (χ3v) is 5.64. The second kappa shape index (κ2) is 10.4. The molecule has 1 aliphatic heterocycles. The minimum Gasteiger partial charge on any atom is -0.502 e. The fourth-order valence-corrected chi connectivity index (χ4v) is 4.04. The van der Waals surface area contributed by atoms with E-state index in [4.69, 9.17) is 18.9 Å². The van der Waals surface area contributed by atoms with E-state index in [1.54, 1.807) is 26.2 Å². The largest absolute Gasteiger partial charge is 0.502 e. The molecule has 0 aliphatic carbocycles. The molecule has 1 saturated heterocycles. The van der Waals surface area contributed by atoms with E-state index in [1.807, 2.05) is 25.1 Å². The number of piperazine rings is 1. The number of phenols is 1. The van der Waals surface area contributed by atoms with E-state index in [2.05, 4.69) is 12.1 Å². The summed E-state index contributed by atoms with van der Waals surface area (Å²) in [7, 11) is 4.79. The van der Waals surface area contributed by atoms with Gasteiger partial charge in [-0.3, -0.25) is 0 Å². The van der Waals surface area contributed by atoms with Crippen LogP contribution >= 0.6 is 0 Å². The molecule has 164 valence electrons. The Labute approximate surface area is 178 Å². The Bertz CT molecular complexity index is 809. The Balaban J connectivity index is 1.57. The Morgan fingerprint density at radius 1 is 0.733 bits per heavy atom. The number of benzene rings is 2. The lowest BCUT2D eigenvalue weighted by Gasteiger charge is -2.30. The molecule has 2 aromatic rings. The summed E-state index contributed by atoms with van der Waals surface area (Å²) in [6.07, 6.45) is 0. The lowest BCUT2D eigenvalue weighted by atomic mass is 10.1. The van der Waals surface area contributed by atoms with Crippen LogP contribution in [0.1, 0.15) is 18.1 Å². The highest BCUT2D eigenvalue weighted by atomic mass is 16.5. The number of methoxy groups -OCH3 is 3. The fourth-order valence-electron chi connectivity index (χ4n) is 4.04. The molecule has 0 aromatic heterocycles. The molecule has 0 bridgehead atoms. The summed E-state index contributed by atoms with van der Waals surface area (Å²) in [4.78, 5) is 3.10. The SMILES string of the molecule is CCOc1cc(C[NH+]2CC[NH+](Cc3cc(OC)c(O)c(OC)c3)CC2)ccc1OC. The van der Waals surface area contributed by atoms with E-state index in [0.29, 0.717) is 18.1 Å². The Hall–Kier alpha value is -2.64. The van der Waals surface area contributed by atoms with Crippen LogP contribution in [-0.2, 0) is 13.1 Å². The smallest absolute Gasteiger partial charge is 0.200 e. The van der Waals surface area contributed by atoms with Crippen molar-refractivity contribution in [3.63, 3.8) is 0 Å². The van der Waals surface area contributed by atoms with Gasteiger partial charge in [0.15, 0.2) is 23.0 Å². The van der Waals surface area contributed by atoms with Crippen molar-refractivity contribution >= 4 is 0 Å². The highest BCUT2D eigenvalue weighted by Gasteiger charge is 2.24. The fraction of sp³-hybridized carbons (Fsp3) is 0.478. The first-order chi connectivity index (χ1) is 14.6. The Morgan fingerprint density at radius 2 is 1.23 bits per heavy atom. The summed E-state index contributed by atoms with van der Waals surface area (Å²) in [5.41, 5.74) is 2.38. The summed E-state index contributed by atoms with van der Waals surface area (Å²) in [6.45, 7) is 8.88. The highest BCUT2D eigenvalue weighted by Crippen LogP contribution is 2.36. The molecule has 3 rings (SSSR count). The molecule has 0 atom stereocenters. The molecule has 1 fully saturated rings. The average molecular weight is 419 g/mol. The quantitative estimate of drug-likeness (QED) is 0.547. The molecule has 7 heteroatoms. The van der Waals surface area contributed by atoms with Crippen molar-refractivity contribution < 1.29 is 33.9 Å². The molecular weight excluding hydrogens is 384 g/mol. The van der Waals surface area contributed by atoms with Crippen LogP contribution in [0.2, 0.25) is 0 Å². The van der Waals surface area contributed by atoms with Gasteiger partial charge in [0, 0.05) is 11.1 Å². The third-order valence-electron chi connectivity index (χ3n) is 5.64. The Morgan fingerprint density at radius 3 is 1.73 bits per heavy atom. The molecule has 1 aliphatic rings. The molecule has 0 radical (unpaired) electrons. The number of ether oxygens (including phenoxy) is 4. The van der Waals surface area contributed by atoms with Crippen LogP contribution in [0.4, 0.5) is 0 Å². The molecule has 3 N–H and O–H groups in total. The predicted molar refractivity (Wildman–Crippen MR) is 114 cm³/mol. The molecule has 2 aromatic carbocycles. The van der Waals surface area contributed by atoms with Crippen LogP contribution < -0.4 is 28.7 Å². The lowest BCUT2D eigenvalue weighted by molar-refractivity contribution is -1.02. The number of rotatable bonds is 9. The summed E-state index contributed by atoms with van der Waals surface area (Å²) >= 11 is 0. The first kappa shape index (κ1) is 22.1. The predicted octanol–water partition coefficient (Wildman–Crippen LogP) is 0.300. The number of quaternary nitrogens is 2. The molecule has 0 saturated carbocycles. The van der Waals surface area contributed by atoms with Crippen LogP contribution in [0.3, 0.4) is 0 Å². The van der Waals surface area contributed by atoms with E-state index in [9.17, 15) is 5.11 Å². The van der Waals surface area contributed by atoms with E-state index >= 15 is 0 Å². The highest BCUT2D eigenvalue weighted by molar-refractivity contribution is 5.52. The summed E-state index contributed by atoms with van der Waals surface area (Å²) in [5.74, 6) is 2.56. The van der Waals surface area contributed by atoms with Gasteiger partial charge in [0.1, 0.15) is 39.3 Å². The zero-order chi connectivity index (χ0) is 21.5. The number of hydrogen-bond acceptors (Lipinski definition) is 5. The van der Waals surface area contributed by atoms with Gasteiger partial charge in [0.25, 0.3) is 0 Å². The average Bonchev–Trinajstić information content (AvgIpc) is 2.76. The van der Waals surface area contributed by atoms with Crippen LogP contribution in [0.25, 0.3) is 0 Å². The maximum Gasteiger partial charge on any atom is 0.200 e. The summed E-state index contributed by atoms with van der Waals surface area (Å²) in [5, 5.41) is 10.1. The third kappa shape index (κ3) is 5.29. The molecule has 1 heterocycles. The van der Waals surface area contributed by atoms with Crippen molar-refractivity contribution in [2.24, 2.45) is 0 Å². The van der Waals surface area contributed by atoms with Crippen LogP contribution in [-0.4, -0.2) is 59.2 Å². The standard InChI is InChI=1S/C23H32N2O5/c1-5-30-20-12-17(6-7-19(20)27-2)15-24-8-10-25(11-9-24)16-18-13-21(28-3)23(26)22(14-18)29-4/h6-7,12-14,26H,5,8-11,15-16H2,1-4H3/p+2. The first-order valence-corrected chi connectivity index (χ1v) is 10.5. The van der Waals surface area contributed by atoms with Crippen LogP contribution in [0.5, 0.6) is 28.7 Å². The molecule has 0 unspecified atom stereocenters. The Kier molecular flexibility index (Phi) is 7.65. The monoisotopic (exact) mass is 418 g/mol. The van der Waals surface area contributed by atoms with E-state index < -0.39 is 0 Å². The van der Waals surface area contributed by atoms with Crippen molar-refractivity contribution in [1.29, 1.82) is 0 Å². The van der Waals surface area contributed by atoms with Gasteiger partial charge in [-0.1, -0.05) is 0 Å². The first-order valence-electron chi connectivity index (χ1n) is 10.5. The minimum absolute atomic E-state index is 0.0546. The van der Waals surface area contributed by atoms with Crippen LogP contribution in [0.15, 0.2) is 30.3 Å². The normalized spacial score (nSPS) is 18.7. The summed E-state index contributed by atoms with van der Waals surface area (Å²) in [6, 6.07) is 10.0. The van der Waals surface area contributed by atoms with Gasteiger partial charge < -0.3 is 33.9 Å². The van der Waals surface area contributed by atoms with Gasteiger partial charge in [-0.05, 0) is 37.3 Å². The number of nitrogens with one attached hydrogen (secondary N) is 2. The molecular formula is C23H34N2O5+2. The van der Waals surface area contributed by atoms with Gasteiger partial charge in [-0.2, -0.15) is 0 Å². The van der Waals surface area contributed by atoms with E-state index in [0.717, 1.165) is 56.3 Å². The van der Waals surface area contributed by atoms with Crippen molar-refractivity contribution in [3.8, 4) is 28.7 Å². The minimum atomic E-state index is 0.0546. The molecule has 0 spiro atoms. The van der Waals surface area contributed by atoms with Gasteiger partial charge in [0.2, 0.25) is 5.75 Å². The van der Waals surface area contributed by atoms with Crippen LogP contribution in [0, 0.1) is 0 Å². The summed E-state index contributed by atoms with van der Waals surface area (Å²) < 4.78 is 21.7. The lowest BCUT2D eigenvalue weighted by Crippen LogP contribution is -3.27. The van der Waals surface area contributed by atoms with Crippen molar-refractivity contribution in [2.75, 3.05) is 54.1 Å².